The summed E-state index contributed by atoms with van der Waals surface area (Å²) in [7, 11) is 1.87. The molecule has 1 aliphatic heterocycles. The van der Waals surface area contributed by atoms with Gasteiger partial charge in [0.2, 0.25) is 0 Å². The van der Waals surface area contributed by atoms with Gasteiger partial charge < -0.3 is 14.9 Å². The number of carboxylic acids is 1. The molecule has 1 aliphatic carbocycles. The molecule has 1 unspecified atom stereocenters. The Labute approximate surface area is 127 Å². The van der Waals surface area contributed by atoms with Crippen molar-refractivity contribution in [1.82, 2.24) is 9.80 Å². The molecule has 2 aliphatic rings. The van der Waals surface area contributed by atoms with Crippen molar-refractivity contribution >= 4 is 12.0 Å². The lowest BCUT2D eigenvalue weighted by Gasteiger charge is -2.42. The fourth-order valence-electron chi connectivity index (χ4n) is 3.93. The summed E-state index contributed by atoms with van der Waals surface area (Å²) in [5.74, 6) is -0.745. The molecule has 120 valence electrons. The number of amides is 2. The number of rotatable bonds is 4. The summed E-state index contributed by atoms with van der Waals surface area (Å²) in [4.78, 5) is 28.0. The van der Waals surface area contributed by atoms with E-state index in [9.17, 15) is 14.7 Å². The highest BCUT2D eigenvalue weighted by molar-refractivity contribution is 5.79. The van der Waals surface area contributed by atoms with Crippen molar-refractivity contribution in [3.05, 3.63) is 0 Å². The van der Waals surface area contributed by atoms with Crippen LogP contribution in [0.5, 0.6) is 0 Å². The fraction of sp³-hybridized carbons (Fsp3) is 0.875. The summed E-state index contributed by atoms with van der Waals surface area (Å²) in [5, 5.41) is 9.62. The van der Waals surface area contributed by atoms with E-state index in [1.165, 1.54) is 12.8 Å². The first kappa shape index (κ1) is 16.1. The molecule has 0 bridgehead atoms. The quantitative estimate of drug-likeness (QED) is 0.867. The number of likely N-dealkylation sites (tertiary alicyclic amines) is 1. The third-order valence-corrected chi connectivity index (χ3v) is 5.20. The van der Waals surface area contributed by atoms with Gasteiger partial charge in [-0.3, -0.25) is 4.79 Å². The van der Waals surface area contributed by atoms with Gasteiger partial charge >= 0.3 is 12.0 Å². The Bertz CT molecular complexity index is 389. The molecule has 0 aromatic heterocycles. The van der Waals surface area contributed by atoms with Crippen LogP contribution in [0.2, 0.25) is 0 Å². The standard InChI is InChI=1S/C16H28N2O3/c1-3-9-16(14(19)20)10-6-11-18(12-16)15(21)17(2)13-7-4-5-8-13/h13H,3-12H2,1-2H3,(H,19,20). The first-order chi connectivity index (χ1) is 10.00. The van der Waals surface area contributed by atoms with Crippen LogP contribution in [0, 0.1) is 5.41 Å². The highest BCUT2D eigenvalue weighted by Crippen LogP contribution is 2.36. The Morgan fingerprint density at radius 2 is 1.95 bits per heavy atom. The molecule has 1 atom stereocenters. The zero-order valence-electron chi connectivity index (χ0n) is 13.3. The van der Waals surface area contributed by atoms with Gasteiger partial charge in [0.15, 0.2) is 0 Å². The van der Waals surface area contributed by atoms with E-state index in [1.54, 1.807) is 4.90 Å². The lowest BCUT2D eigenvalue weighted by atomic mass is 9.76. The van der Waals surface area contributed by atoms with Gasteiger partial charge in [-0.25, -0.2) is 4.79 Å². The Morgan fingerprint density at radius 3 is 2.52 bits per heavy atom. The molecule has 1 saturated carbocycles. The minimum atomic E-state index is -0.745. The number of carbonyl (C=O) groups is 2. The number of hydrogen-bond donors (Lipinski definition) is 1. The highest BCUT2D eigenvalue weighted by Gasteiger charge is 2.43. The van der Waals surface area contributed by atoms with Gasteiger partial charge in [-0.05, 0) is 32.1 Å². The second-order valence-corrected chi connectivity index (χ2v) is 6.69. The van der Waals surface area contributed by atoms with Crippen molar-refractivity contribution in [2.24, 2.45) is 5.41 Å². The smallest absolute Gasteiger partial charge is 0.320 e. The van der Waals surface area contributed by atoms with Crippen LogP contribution in [0.4, 0.5) is 4.79 Å². The maximum atomic E-state index is 12.7. The molecule has 0 aromatic carbocycles. The van der Waals surface area contributed by atoms with Crippen LogP contribution >= 0.6 is 0 Å². The average Bonchev–Trinajstić information content (AvgIpc) is 3.00. The van der Waals surface area contributed by atoms with Gasteiger partial charge in [0, 0.05) is 26.2 Å². The van der Waals surface area contributed by atoms with E-state index >= 15 is 0 Å². The Morgan fingerprint density at radius 1 is 1.29 bits per heavy atom. The normalized spacial score (nSPS) is 26.9. The van der Waals surface area contributed by atoms with E-state index in [0.717, 1.165) is 25.7 Å². The largest absolute Gasteiger partial charge is 0.481 e. The van der Waals surface area contributed by atoms with Crippen molar-refractivity contribution in [1.29, 1.82) is 0 Å². The van der Waals surface area contributed by atoms with Crippen LogP contribution in [0.15, 0.2) is 0 Å². The van der Waals surface area contributed by atoms with Crippen LogP contribution in [0.1, 0.15) is 58.3 Å². The van der Waals surface area contributed by atoms with Crippen LogP contribution in [-0.4, -0.2) is 53.1 Å². The number of urea groups is 1. The lowest BCUT2D eigenvalue weighted by Crippen LogP contribution is -2.54. The minimum absolute atomic E-state index is 0.0170. The predicted molar refractivity (Wildman–Crippen MR) is 81.2 cm³/mol. The minimum Gasteiger partial charge on any atom is -0.481 e. The molecular weight excluding hydrogens is 268 g/mol. The van der Waals surface area contributed by atoms with Crippen molar-refractivity contribution in [3.63, 3.8) is 0 Å². The number of piperidine rings is 1. The molecule has 5 heteroatoms. The molecule has 1 saturated heterocycles. The third-order valence-electron chi connectivity index (χ3n) is 5.20. The third kappa shape index (κ3) is 3.33. The van der Waals surface area contributed by atoms with Gasteiger partial charge in [-0.15, -0.1) is 0 Å². The molecular formula is C16H28N2O3. The summed E-state index contributed by atoms with van der Waals surface area (Å²) in [6.07, 6.45) is 7.51. The van der Waals surface area contributed by atoms with Crippen molar-refractivity contribution in [2.75, 3.05) is 20.1 Å². The van der Waals surface area contributed by atoms with Gasteiger partial charge in [0.05, 0.1) is 5.41 Å². The molecule has 0 radical (unpaired) electrons. The summed E-state index contributed by atoms with van der Waals surface area (Å²) in [6.45, 7) is 3.07. The summed E-state index contributed by atoms with van der Waals surface area (Å²) in [5.41, 5.74) is -0.737. The van der Waals surface area contributed by atoms with E-state index in [-0.39, 0.29) is 6.03 Å². The van der Waals surface area contributed by atoms with Crippen LogP contribution < -0.4 is 0 Å². The van der Waals surface area contributed by atoms with Crippen LogP contribution in [0.25, 0.3) is 0 Å². The van der Waals surface area contributed by atoms with Gasteiger partial charge in [0.25, 0.3) is 0 Å². The number of hydrogen-bond acceptors (Lipinski definition) is 2. The molecule has 2 rings (SSSR count). The molecule has 1 N–H and O–H groups in total. The van der Waals surface area contributed by atoms with Crippen LogP contribution in [-0.2, 0) is 4.79 Å². The van der Waals surface area contributed by atoms with Gasteiger partial charge in [-0.1, -0.05) is 26.2 Å². The maximum absolute atomic E-state index is 12.7. The summed E-state index contributed by atoms with van der Waals surface area (Å²) < 4.78 is 0. The van der Waals surface area contributed by atoms with Crippen molar-refractivity contribution < 1.29 is 14.7 Å². The number of nitrogens with zero attached hydrogens (tertiary/aromatic N) is 2. The topological polar surface area (TPSA) is 60.9 Å². The molecule has 5 nitrogen and oxygen atoms in total. The first-order valence-corrected chi connectivity index (χ1v) is 8.25. The zero-order chi connectivity index (χ0) is 15.5. The Balaban J connectivity index is 2.05. The highest BCUT2D eigenvalue weighted by atomic mass is 16.4. The fourth-order valence-corrected chi connectivity index (χ4v) is 3.93. The van der Waals surface area contributed by atoms with Crippen LogP contribution in [0.3, 0.4) is 0 Å². The van der Waals surface area contributed by atoms with Crippen molar-refractivity contribution in [3.8, 4) is 0 Å². The maximum Gasteiger partial charge on any atom is 0.320 e. The SMILES string of the molecule is CCCC1(C(=O)O)CCCN(C(=O)N(C)C2CCCC2)C1. The predicted octanol–water partition coefficient (Wildman–Crippen LogP) is 2.95. The number of carboxylic acid groups (broad SMARTS) is 1. The molecule has 2 amide bonds. The molecule has 0 spiro atoms. The van der Waals surface area contributed by atoms with E-state index < -0.39 is 11.4 Å². The van der Waals surface area contributed by atoms with E-state index in [4.69, 9.17) is 0 Å². The molecule has 1 heterocycles. The summed E-state index contributed by atoms with van der Waals surface area (Å²) >= 11 is 0. The first-order valence-electron chi connectivity index (χ1n) is 8.25. The molecule has 2 fully saturated rings. The zero-order valence-corrected chi connectivity index (χ0v) is 13.3. The van der Waals surface area contributed by atoms with E-state index in [0.29, 0.717) is 32.0 Å². The second kappa shape index (κ2) is 6.67. The summed E-state index contributed by atoms with van der Waals surface area (Å²) in [6, 6.07) is 0.355. The Hall–Kier alpha value is -1.26. The van der Waals surface area contributed by atoms with Crippen molar-refractivity contribution in [2.45, 2.75) is 64.3 Å². The monoisotopic (exact) mass is 296 g/mol. The lowest BCUT2D eigenvalue weighted by molar-refractivity contribution is -0.152. The Kier molecular flexibility index (Phi) is 5.12. The molecule has 21 heavy (non-hydrogen) atoms. The van der Waals surface area contributed by atoms with Gasteiger partial charge in [0.1, 0.15) is 0 Å². The van der Waals surface area contributed by atoms with E-state index in [1.807, 2.05) is 18.9 Å². The average molecular weight is 296 g/mol. The number of carbonyl (C=O) groups excluding carboxylic acids is 1. The molecule has 0 aromatic rings. The van der Waals surface area contributed by atoms with Gasteiger partial charge in [-0.2, -0.15) is 0 Å². The van der Waals surface area contributed by atoms with E-state index in [2.05, 4.69) is 0 Å². The number of aliphatic carboxylic acids is 1. The second-order valence-electron chi connectivity index (χ2n) is 6.69.